The maximum absolute atomic E-state index is 12.5. The van der Waals surface area contributed by atoms with E-state index in [9.17, 15) is 9.59 Å². The zero-order valence-electron chi connectivity index (χ0n) is 16.7. The third kappa shape index (κ3) is 5.58. The van der Waals surface area contributed by atoms with E-state index in [0.29, 0.717) is 12.5 Å². The first-order chi connectivity index (χ1) is 13.4. The maximum Gasteiger partial charge on any atom is 0.251 e. The molecular formula is C23H26N2O3. The van der Waals surface area contributed by atoms with Crippen LogP contribution in [-0.2, 0) is 22.7 Å². The van der Waals surface area contributed by atoms with Gasteiger partial charge in [0, 0.05) is 37.3 Å². The van der Waals surface area contributed by atoms with Gasteiger partial charge < -0.3 is 14.2 Å². The summed E-state index contributed by atoms with van der Waals surface area (Å²) in [5, 5.41) is 0. The van der Waals surface area contributed by atoms with Gasteiger partial charge in [-0.2, -0.15) is 0 Å². The average molecular weight is 378 g/mol. The van der Waals surface area contributed by atoms with Crippen molar-refractivity contribution in [3.63, 3.8) is 0 Å². The topological polar surface area (TPSA) is 51.5 Å². The number of benzene rings is 1. The van der Waals surface area contributed by atoms with Gasteiger partial charge in [-0.05, 0) is 49.1 Å². The first-order valence-corrected chi connectivity index (χ1v) is 9.51. The van der Waals surface area contributed by atoms with E-state index in [0.717, 1.165) is 22.4 Å². The lowest BCUT2D eigenvalue weighted by atomic mass is 10.1. The van der Waals surface area contributed by atoms with E-state index < -0.39 is 0 Å². The fourth-order valence-electron chi connectivity index (χ4n) is 2.76. The number of nitrogens with zero attached hydrogens (tertiary/aromatic N) is 2. The molecule has 2 aromatic rings. The van der Waals surface area contributed by atoms with Crippen LogP contribution in [0.25, 0.3) is 0 Å². The second-order valence-corrected chi connectivity index (χ2v) is 7.45. The van der Waals surface area contributed by atoms with Gasteiger partial charge in [0.15, 0.2) is 0 Å². The number of pyridine rings is 1. The summed E-state index contributed by atoms with van der Waals surface area (Å²) >= 11 is 0. The van der Waals surface area contributed by atoms with Crippen molar-refractivity contribution in [2.45, 2.75) is 32.9 Å². The highest BCUT2D eigenvalue weighted by molar-refractivity contribution is 5.76. The van der Waals surface area contributed by atoms with Crippen molar-refractivity contribution in [1.82, 2.24) is 9.47 Å². The summed E-state index contributed by atoms with van der Waals surface area (Å²) in [5.74, 6) is 6.94. The largest absolute Gasteiger partial charge is 0.367 e. The highest BCUT2D eigenvalue weighted by Gasteiger charge is 2.17. The quantitative estimate of drug-likeness (QED) is 0.726. The summed E-state index contributed by atoms with van der Waals surface area (Å²) in [7, 11) is 3.37. The molecule has 1 saturated carbocycles. The molecule has 0 bridgehead atoms. The van der Waals surface area contributed by atoms with Crippen LogP contribution in [0.2, 0.25) is 0 Å². The van der Waals surface area contributed by atoms with Crippen molar-refractivity contribution in [3.05, 3.63) is 69.1 Å². The zero-order chi connectivity index (χ0) is 20.1. The normalized spacial score (nSPS) is 13.0. The van der Waals surface area contributed by atoms with Crippen LogP contribution in [0.3, 0.4) is 0 Å². The highest BCUT2D eigenvalue weighted by atomic mass is 16.5. The van der Waals surface area contributed by atoms with Crippen molar-refractivity contribution >= 4 is 5.91 Å². The van der Waals surface area contributed by atoms with E-state index in [1.54, 1.807) is 24.7 Å². The molecule has 1 aliphatic rings. The van der Waals surface area contributed by atoms with Crippen LogP contribution in [0.5, 0.6) is 0 Å². The Morgan fingerprint density at radius 3 is 2.50 bits per heavy atom. The Labute approximate surface area is 165 Å². The highest BCUT2D eigenvalue weighted by Crippen LogP contribution is 2.27. The molecule has 146 valence electrons. The fraction of sp³-hybridized carbons (Fsp3) is 0.391. The predicted molar refractivity (Wildman–Crippen MR) is 109 cm³/mol. The van der Waals surface area contributed by atoms with E-state index in [1.165, 1.54) is 17.7 Å². The molecule has 28 heavy (non-hydrogen) atoms. The molecule has 1 aromatic carbocycles. The van der Waals surface area contributed by atoms with Gasteiger partial charge in [-0.25, -0.2) is 0 Å². The zero-order valence-corrected chi connectivity index (χ0v) is 16.7. The fourth-order valence-corrected chi connectivity index (χ4v) is 2.76. The van der Waals surface area contributed by atoms with Crippen LogP contribution in [0.4, 0.5) is 0 Å². The van der Waals surface area contributed by atoms with Crippen LogP contribution >= 0.6 is 0 Å². The van der Waals surface area contributed by atoms with Crippen LogP contribution in [0, 0.1) is 24.7 Å². The van der Waals surface area contributed by atoms with Gasteiger partial charge in [-0.15, -0.1) is 0 Å². The van der Waals surface area contributed by atoms with Crippen LogP contribution in [0.15, 0.2) is 41.2 Å². The van der Waals surface area contributed by atoms with Crippen molar-refractivity contribution in [3.8, 4) is 11.8 Å². The minimum Gasteiger partial charge on any atom is -0.367 e. The second-order valence-electron chi connectivity index (χ2n) is 7.45. The summed E-state index contributed by atoms with van der Waals surface area (Å²) < 4.78 is 7.15. The van der Waals surface area contributed by atoms with E-state index in [4.69, 9.17) is 4.74 Å². The molecule has 5 heteroatoms. The number of hydrogen-bond donors (Lipinski definition) is 0. The average Bonchev–Trinajstić information content (AvgIpc) is 3.48. The lowest BCUT2D eigenvalue weighted by Crippen LogP contribution is -2.26. The first-order valence-electron chi connectivity index (χ1n) is 9.51. The van der Waals surface area contributed by atoms with Gasteiger partial charge in [0.2, 0.25) is 5.91 Å². The summed E-state index contributed by atoms with van der Waals surface area (Å²) in [6.45, 7) is 2.67. The number of aromatic nitrogens is 1. The molecule has 0 atom stereocenters. The van der Waals surface area contributed by atoms with Gasteiger partial charge in [0.05, 0.1) is 13.2 Å². The Kier molecular flexibility index (Phi) is 6.33. The first kappa shape index (κ1) is 19.9. The van der Waals surface area contributed by atoms with Crippen LogP contribution < -0.4 is 5.56 Å². The van der Waals surface area contributed by atoms with Crippen LogP contribution in [-0.4, -0.2) is 36.1 Å². The third-order valence-corrected chi connectivity index (χ3v) is 4.68. The number of aryl methyl sites for hydroxylation is 1. The summed E-state index contributed by atoms with van der Waals surface area (Å²) in [4.78, 5) is 25.6. The van der Waals surface area contributed by atoms with Gasteiger partial charge in [-0.1, -0.05) is 24.0 Å². The third-order valence-electron chi connectivity index (χ3n) is 4.68. The Bertz CT molecular complexity index is 958. The molecule has 0 spiro atoms. The van der Waals surface area contributed by atoms with Crippen molar-refractivity contribution < 1.29 is 9.53 Å². The number of likely N-dealkylation sites (N-methyl/N-ethyl adjacent to an activating group) is 1. The minimum atomic E-state index is -0.102. The standard InChI is InChI=1S/C23H26N2O3/c1-17-12-21(15-28-16-23(27)24(2)3)13-22(26)25(17)14-20-10-8-19(9-11-20)7-6-18-4-5-18/h8-13,18H,4-5,14-16H2,1-3H3. The number of carbonyl (C=O) groups excluding carboxylic acids is 1. The molecule has 1 fully saturated rings. The summed E-state index contributed by atoms with van der Waals surface area (Å²) in [5.41, 5.74) is 3.64. The van der Waals surface area contributed by atoms with E-state index in [1.807, 2.05) is 37.3 Å². The summed E-state index contributed by atoms with van der Waals surface area (Å²) in [6.07, 6.45) is 2.44. The molecule has 1 aliphatic carbocycles. The number of carbonyl (C=O) groups is 1. The van der Waals surface area contributed by atoms with E-state index in [2.05, 4.69) is 11.8 Å². The lowest BCUT2D eigenvalue weighted by Gasteiger charge is -2.13. The molecule has 5 nitrogen and oxygen atoms in total. The molecule has 0 N–H and O–H groups in total. The second kappa shape index (κ2) is 8.90. The monoisotopic (exact) mass is 378 g/mol. The molecule has 0 radical (unpaired) electrons. The predicted octanol–water partition coefficient (Wildman–Crippen LogP) is 2.57. The Morgan fingerprint density at radius 1 is 1.18 bits per heavy atom. The molecule has 0 saturated heterocycles. The Hall–Kier alpha value is -2.84. The molecule has 0 unspecified atom stereocenters. The molecule has 0 aliphatic heterocycles. The lowest BCUT2D eigenvalue weighted by molar-refractivity contribution is -0.133. The van der Waals surface area contributed by atoms with Gasteiger partial charge >= 0.3 is 0 Å². The SMILES string of the molecule is Cc1cc(COCC(=O)N(C)C)cc(=O)n1Cc1ccc(C#CC2CC2)cc1. The number of rotatable bonds is 6. The molecule has 3 rings (SSSR count). The molecule has 1 heterocycles. The Balaban J connectivity index is 1.63. The van der Waals surface area contributed by atoms with E-state index >= 15 is 0 Å². The van der Waals surface area contributed by atoms with Crippen molar-refractivity contribution in [2.75, 3.05) is 20.7 Å². The van der Waals surface area contributed by atoms with E-state index in [-0.39, 0.29) is 24.7 Å². The smallest absolute Gasteiger partial charge is 0.251 e. The number of ether oxygens (including phenoxy) is 1. The summed E-state index contributed by atoms with van der Waals surface area (Å²) in [6, 6.07) is 11.6. The molecule has 1 amide bonds. The van der Waals surface area contributed by atoms with Gasteiger partial charge in [0.25, 0.3) is 5.56 Å². The number of amides is 1. The maximum atomic E-state index is 12.5. The van der Waals surface area contributed by atoms with Crippen molar-refractivity contribution in [2.24, 2.45) is 5.92 Å². The van der Waals surface area contributed by atoms with Gasteiger partial charge in [0.1, 0.15) is 6.61 Å². The Morgan fingerprint density at radius 2 is 1.89 bits per heavy atom. The molecule has 1 aromatic heterocycles. The van der Waals surface area contributed by atoms with Gasteiger partial charge in [-0.3, -0.25) is 9.59 Å². The van der Waals surface area contributed by atoms with Crippen molar-refractivity contribution in [1.29, 1.82) is 0 Å². The van der Waals surface area contributed by atoms with Crippen LogP contribution in [0.1, 0.15) is 35.2 Å². The minimum absolute atomic E-state index is 0.00508. The number of hydrogen-bond acceptors (Lipinski definition) is 3. The molecular weight excluding hydrogens is 352 g/mol.